The van der Waals surface area contributed by atoms with Crippen molar-refractivity contribution < 1.29 is 29.2 Å². The number of benzene rings is 1. The van der Waals surface area contributed by atoms with E-state index in [2.05, 4.69) is 11.9 Å². The lowest BCUT2D eigenvalue weighted by molar-refractivity contribution is -0.196. The summed E-state index contributed by atoms with van der Waals surface area (Å²) in [6.07, 6.45) is 0.618. The molecule has 5 atom stereocenters. The summed E-state index contributed by atoms with van der Waals surface area (Å²) in [5, 5.41) is 23.9. The first-order valence-corrected chi connectivity index (χ1v) is 10.6. The fraction of sp³-hybridized carbons (Fsp3) is 0.609. The molecule has 2 fully saturated rings. The van der Waals surface area contributed by atoms with E-state index < -0.39 is 23.9 Å². The minimum absolute atomic E-state index is 0.00529. The van der Waals surface area contributed by atoms with E-state index in [1.807, 2.05) is 31.2 Å². The Bertz CT molecular complexity index is 719. The molecule has 7 nitrogen and oxygen atoms in total. The first-order chi connectivity index (χ1) is 14.4. The highest BCUT2D eigenvalue weighted by Crippen LogP contribution is 2.35. The van der Waals surface area contributed by atoms with Crippen LogP contribution < -0.4 is 5.32 Å². The van der Waals surface area contributed by atoms with Crippen molar-refractivity contribution in [2.24, 2.45) is 0 Å². The number of aliphatic hydroxyl groups is 2. The number of nitrogens with one attached hydrogen (secondary N) is 1. The number of carbonyl (C=O) groups excluding carboxylic acids is 1. The van der Waals surface area contributed by atoms with Gasteiger partial charge in [0.15, 0.2) is 5.60 Å². The van der Waals surface area contributed by atoms with Gasteiger partial charge in [-0.3, -0.25) is 4.79 Å². The topological polar surface area (TPSA) is 97.3 Å². The van der Waals surface area contributed by atoms with Crippen LogP contribution in [0.4, 0.5) is 0 Å². The van der Waals surface area contributed by atoms with E-state index in [-0.39, 0.29) is 38.1 Å². The van der Waals surface area contributed by atoms with Crippen LogP contribution in [0.15, 0.2) is 36.9 Å². The molecule has 3 N–H and O–H groups in total. The molecule has 30 heavy (non-hydrogen) atoms. The highest BCUT2D eigenvalue weighted by atomic mass is 16.5. The summed E-state index contributed by atoms with van der Waals surface area (Å²) in [6, 6.07) is 7.81. The summed E-state index contributed by atoms with van der Waals surface area (Å²) < 4.78 is 17.5. The average molecular weight is 420 g/mol. The zero-order chi connectivity index (χ0) is 21.6. The predicted molar refractivity (Wildman–Crippen MR) is 112 cm³/mol. The Morgan fingerprint density at radius 3 is 2.87 bits per heavy atom. The van der Waals surface area contributed by atoms with E-state index in [1.54, 1.807) is 6.08 Å². The van der Waals surface area contributed by atoms with Gasteiger partial charge in [-0.2, -0.15) is 0 Å². The lowest BCUT2D eigenvalue weighted by Crippen LogP contribution is -2.61. The Morgan fingerprint density at radius 2 is 2.17 bits per heavy atom. The van der Waals surface area contributed by atoms with Gasteiger partial charge in [-0.1, -0.05) is 30.3 Å². The van der Waals surface area contributed by atoms with Crippen molar-refractivity contribution in [2.45, 2.75) is 69.2 Å². The smallest absolute Gasteiger partial charge is 0.252 e. The van der Waals surface area contributed by atoms with Crippen LogP contribution in [0.25, 0.3) is 0 Å². The summed E-state index contributed by atoms with van der Waals surface area (Å²) >= 11 is 0. The minimum Gasteiger partial charge on any atom is -0.390 e. The molecule has 0 bridgehead atoms. The number of aliphatic hydroxyl groups excluding tert-OH is 2. The molecule has 166 valence electrons. The maximum absolute atomic E-state index is 13.3. The van der Waals surface area contributed by atoms with Crippen LogP contribution in [0, 0.1) is 6.92 Å². The van der Waals surface area contributed by atoms with Gasteiger partial charge in [0.25, 0.3) is 5.91 Å². The van der Waals surface area contributed by atoms with Crippen molar-refractivity contribution >= 4 is 5.91 Å². The van der Waals surface area contributed by atoms with Crippen LogP contribution in [-0.2, 0) is 25.6 Å². The molecule has 7 heteroatoms. The third-order valence-corrected chi connectivity index (χ3v) is 5.97. The van der Waals surface area contributed by atoms with Crippen molar-refractivity contribution in [3.05, 3.63) is 48.0 Å². The van der Waals surface area contributed by atoms with Crippen molar-refractivity contribution in [2.75, 3.05) is 19.8 Å². The molecule has 0 spiro atoms. The van der Waals surface area contributed by atoms with E-state index >= 15 is 0 Å². The van der Waals surface area contributed by atoms with Gasteiger partial charge in [-0.05, 0) is 30.9 Å². The van der Waals surface area contributed by atoms with Crippen molar-refractivity contribution in [3.8, 4) is 0 Å². The molecule has 0 radical (unpaired) electrons. The number of carbonyl (C=O) groups is 1. The first kappa shape index (κ1) is 22.9. The molecule has 1 aliphatic heterocycles. The van der Waals surface area contributed by atoms with E-state index in [0.717, 1.165) is 24.0 Å². The lowest BCUT2D eigenvalue weighted by Gasteiger charge is -2.44. The van der Waals surface area contributed by atoms with Crippen molar-refractivity contribution in [3.63, 3.8) is 0 Å². The lowest BCUT2D eigenvalue weighted by atomic mass is 9.78. The molecule has 1 heterocycles. The van der Waals surface area contributed by atoms with Gasteiger partial charge in [-0.15, -0.1) is 6.58 Å². The predicted octanol–water partition coefficient (Wildman–Crippen LogP) is 1.63. The van der Waals surface area contributed by atoms with Crippen LogP contribution in [0.3, 0.4) is 0 Å². The van der Waals surface area contributed by atoms with Gasteiger partial charge < -0.3 is 29.7 Å². The standard InChI is InChI=1S/C23H33NO6/c1-3-10-29-20-13-23(12-19(25)21(20)26,22(27)24-14-18-9-6-11-28-18)30-15-17-8-5-4-7-16(17)2/h3-5,7-8,18-21,25-26H,1,6,9-15H2,2H3,(H,24,27)/t18-,19+,20-,21+,23-/m0/s1. The SMILES string of the molecule is C=CCO[C@H]1C[C@](OCc2ccccc2C)(C(=O)NC[C@@H]2CCCO2)C[C@@H](O)[C@H]1O. The Balaban J connectivity index is 1.78. The highest BCUT2D eigenvalue weighted by Gasteiger charge is 2.51. The molecule has 0 unspecified atom stereocenters. The number of rotatable bonds is 9. The Hall–Kier alpha value is -1.77. The van der Waals surface area contributed by atoms with Crippen LogP contribution in [-0.4, -0.2) is 65.9 Å². The second-order valence-electron chi connectivity index (χ2n) is 8.18. The molecule has 3 rings (SSSR count). The van der Waals surface area contributed by atoms with Crippen molar-refractivity contribution in [1.29, 1.82) is 0 Å². The van der Waals surface area contributed by atoms with Gasteiger partial charge in [0.1, 0.15) is 6.10 Å². The van der Waals surface area contributed by atoms with Gasteiger partial charge in [0.05, 0.1) is 31.5 Å². The summed E-state index contributed by atoms with van der Waals surface area (Å²) in [7, 11) is 0. The Kier molecular flexibility index (Phi) is 8.02. The molecule has 1 aromatic carbocycles. The zero-order valence-electron chi connectivity index (χ0n) is 17.6. The number of ether oxygens (including phenoxy) is 3. The number of aryl methyl sites for hydroxylation is 1. The molecular weight excluding hydrogens is 386 g/mol. The maximum Gasteiger partial charge on any atom is 0.252 e. The van der Waals surface area contributed by atoms with Crippen molar-refractivity contribution in [1.82, 2.24) is 5.32 Å². The summed E-state index contributed by atoms with van der Waals surface area (Å²) in [5.41, 5.74) is 0.710. The number of hydrogen-bond donors (Lipinski definition) is 3. The molecule has 1 saturated carbocycles. The summed E-state index contributed by atoms with van der Waals surface area (Å²) in [5.74, 6) is -0.315. The van der Waals surface area contributed by atoms with E-state index in [9.17, 15) is 15.0 Å². The Morgan fingerprint density at radius 1 is 1.37 bits per heavy atom. The molecule has 1 amide bonds. The Labute approximate surface area is 178 Å². The van der Waals surface area contributed by atoms with Gasteiger partial charge in [-0.25, -0.2) is 0 Å². The molecular formula is C23H33NO6. The summed E-state index contributed by atoms with van der Waals surface area (Å²) in [4.78, 5) is 13.3. The van der Waals surface area contributed by atoms with Crippen LogP contribution in [0.2, 0.25) is 0 Å². The van der Waals surface area contributed by atoms with Gasteiger partial charge in [0, 0.05) is 26.0 Å². The second kappa shape index (κ2) is 10.5. The fourth-order valence-corrected chi connectivity index (χ4v) is 4.11. The fourth-order valence-electron chi connectivity index (χ4n) is 4.11. The second-order valence-corrected chi connectivity index (χ2v) is 8.18. The third kappa shape index (κ3) is 5.47. The van der Waals surface area contributed by atoms with Crippen LogP contribution in [0.5, 0.6) is 0 Å². The van der Waals surface area contributed by atoms with E-state index in [1.165, 1.54) is 0 Å². The van der Waals surface area contributed by atoms with Gasteiger partial charge >= 0.3 is 0 Å². The molecule has 1 aliphatic carbocycles. The van der Waals surface area contributed by atoms with E-state index in [0.29, 0.717) is 13.2 Å². The van der Waals surface area contributed by atoms with Gasteiger partial charge in [0.2, 0.25) is 0 Å². The molecule has 0 aromatic heterocycles. The molecule has 1 aromatic rings. The average Bonchev–Trinajstić information content (AvgIpc) is 3.26. The number of hydrogen-bond acceptors (Lipinski definition) is 6. The highest BCUT2D eigenvalue weighted by molar-refractivity contribution is 5.85. The molecule has 2 aliphatic rings. The first-order valence-electron chi connectivity index (χ1n) is 10.6. The number of amides is 1. The monoisotopic (exact) mass is 419 g/mol. The quantitative estimate of drug-likeness (QED) is 0.527. The van der Waals surface area contributed by atoms with Crippen LogP contribution in [0.1, 0.15) is 36.8 Å². The largest absolute Gasteiger partial charge is 0.390 e. The molecule has 1 saturated heterocycles. The minimum atomic E-state index is -1.31. The third-order valence-electron chi connectivity index (χ3n) is 5.97. The summed E-state index contributed by atoms with van der Waals surface area (Å²) in [6.45, 7) is 7.14. The normalized spacial score (nSPS) is 31.4. The zero-order valence-corrected chi connectivity index (χ0v) is 17.6. The van der Waals surface area contributed by atoms with E-state index in [4.69, 9.17) is 14.2 Å². The maximum atomic E-state index is 13.3. The van der Waals surface area contributed by atoms with Crippen LogP contribution >= 0.6 is 0 Å².